The predicted molar refractivity (Wildman–Crippen MR) is 57.7 cm³/mol. The van der Waals surface area contributed by atoms with Gasteiger partial charge in [-0.25, -0.2) is 9.97 Å². The van der Waals surface area contributed by atoms with E-state index in [0.29, 0.717) is 12.4 Å². The molecule has 0 aliphatic rings. The van der Waals surface area contributed by atoms with Gasteiger partial charge in [0.2, 0.25) is 0 Å². The molecule has 0 unspecified atom stereocenters. The van der Waals surface area contributed by atoms with E-state index >= 15 is 0 Å². The van der Waals surface area contributed by atoms with Crippen LogP contribution >= 0.6 is 0 Å². The molecule has 1 N–H and O–H groups in total. The van der Waals surface area contributed by atoms with Crippen LogP contribution in [0.5, 0.6) is 0 Å². The van der Waals surface area contributed by atoms with Crippen molar-refractivity contribution in [3.63, 3.8) is 0 Å². The molecule has 0 aromatic carbocycles. The van der Waals surface area contributed by atoms with Gasteiger partial charge in [0.15, 0.2) is 18.6 Å². The Morgan fingerprint density at radius 3 is 2.61 bits per heavy atom. The molecule has 2 aromatic rings. The first-order valence-electron chi connectivity index (χ1n) is 5.10. The lowest BCUT2D eigenvalue weighted by atomic mass is 10.3. The van der Waals surface area contributed by atoms with Crippen molar-refractivity contribution in [2.24, 2.45) is 0 Å². The number of aryl methyl sites for hydroxylation is 1. The molecule has 18 heavy (non-hydrogen) atoms. The zero-order chi connectivity index (χ0) is 12.1. The molecule has 2 heterocycles. The van der Waals surface area contributed by atoms with Crippen LogP contribution in [0, 0.1) is 0 Å². The Morgan fingerprint density at radius 1 is 1.33 bits per heavy atom. The number of carboxylic acids is 1. The summed E-state index contributed by atoms with van der Waals surface area (Å²) in [6.07, 6.45) is 6.71. The summed E-state index contributed by atoms with van der Waals surface area (Å²) in [7, 11) is 0. The number of nitrogens with zero attached hydrogens (tertiary/aromatic N) is 4. The molecule has 0 fully saturated rings. The zero-order valence-electron chi connectivity index (χ0n) is 9.40. The number of halogens is 1. The Morgan fingerprint density at radius 2 is 2.06 bits per heavy atom. The summed E-state index contributed by atoms with van der Waals surface area (Å²) in [5, 5.41) is 12.6. The van der Waals surface area contributed by atoms with Gasteiger partial charge in [-0.15, -0.1) is 0 Å². The summed E-state index contributed by atoms with van der Waals surface area (Å²) in [4.78, 5) is 18.6. The highest BCUT2D eigenvalue weighted by molar-refractivity contribution is 5.66. The number of hydrogen-bond acceptors (Lipinski definition) is 4. The smallest absolute Gasteiger partial charge is 0.309 e. The highest BCUT2D eigenvalue weighted by Crippen LogP contribution is 2.08. The summed E-state index contributed by atoms with van der Waals surface area (Å²) < 4.78 is 1.57. The van der Waals surface area contributed by atoms with E-state index in [9.17, 15) is 4.79 Å². The topological polar surface area (TPSA) is 79.9 Å². The normalized spacial score (nSPS) is 9.56. The van der Waals surface area contributed by atoms with Gasteiger partial charge in [0.1, 0.15) is 12.6 Å². The summed E-state index contributed by atoms with van der Waals surface area (Å²) in [5.41, 5.74) is 0.803. The Labute approximate surface area is 110 Å². The highest BCUT2D eigenvalue weighted by atomic mass is 35.5. The van der Waals surface area contributed by atoms with Crippen molar-refractivity contribution in [1.82, 2.24) is 15.1 Å². The van der Waals surface area contributed by atoms with Gasteiger partial charge in [0, 0.05) is 24.0 Å². The maximum Gasteiger partial charge on any atom is 0.309 e. The van der Waals surface area contributed by atoms with Gasteiger partial charge in [0.25, 0.3) is 0 Å². The molecule has 0 atom stereocenters. The Hall–Kier alpha value is -2.08. The molecule has 0 aliphatic heterocycles. The zero-order valence-corrected chi connectivity index (χ0v) is 10.2. The van der Waals surface area contributed by atoms with Crippen molar-refractivity contribution >= 4 is 5.97 Å². The van der Waals surface area contributed by atoms with Crippen molar-refractivity contribution < 1.29 is 27.0 Å². The van der Waals surface area contributed by atoms with Gasteiger partial charge in [-0.1, -0.05) is 4.68 Å². The highest BCUT2D eigenvalue weighted by Gasteiger charge is 2.08. The third-order valence-electron chi connectivity index (χ3n) is 2.15. The van der Waals surface area contributed by atoms with Crippen LogP contribution in [-0.2, 0) is 11.3 Å². The molecule has 0 aliphatic carbocycles. The van der Waals surface area contributed by atoms with Crippen LogP contribution in [0.1, 0.15) is 6.42 Å². The molecular weight excluding hydrogens is 256 g/mol. The lowest BCUT2D eigenvalue weighted by Gasteiger charge is -1.96. The van der Waals surface area contributed by atoms with E-state index in [-0.39, 0.29) is 18.8 Å². The van der Waals surface area contributed by atoms with Crippen LogP contribution in [0.3, 0.4) is 0 Å². The minimum absolute atomic E-state index is 0. The third-order valence-corrected chi connectivity index (χ3v) is 2.15. The van der Waals surface area contributed by atoms with E-state index in [1.54, 1.807) is 35.5 Å². The summed E-state index contributed by atoms with van der Waals surface area (Å²) in [6, 6.07) is 3.55. The van der Waals surface area contributed by atoms with E-state index < -0.39 is 5.97 Å². The number of aliphatic carboxylic acids is 1. The summed E-state index contributed by atoms with van der Waals surface area (Å²) >= 11 is 0. The SMILES string of the molecule is O=C(O)CC[n+]1ccc(-c2ncccn2)cn1.[Cl-]. The van der Waals surface area contributed by atoms with Gasteiger partial charge >= 0.3 is 5.97 Å². The van der Waals surface area contributed by atoms with Crippen molar-refractivity contribution in [2.75, 3.05) is 0 Å². The first-order chi connectivity index (χ1) is 8.25. The van der Waals surface area contributed by atoms with Gasteiger partial charge in [-0.05, 0) is 11.2 Å². The summed E-state index contributed by atoms with van der Waals surface area (Å²) in [6.45, 7) is 0.352. The lowest BCUT2D eigenvalue weighted by molar-refractivity contribution is -0.752. The van der Waals surface area contributed by atoms with Crippen LogP contribution in [0.4, 0.5) is 0 Å². The molecule has 2 aromatic heterocycles. The number of carboxylic acid groups (broad SMARTS) is 1. The van der Waals surface area contributed by atoms with E-state index in [1.807, 2.05) is 6.07 Å². The third kappa shape index (κ3) is 3.74. The number of aromatic nitrogens is 4. The average Bonchev–Trinajstić information content (AvgIpc) is 2.38. The van der Waals surface area contributed by atoms with E-state index in [4.69, 9.17) is 5.11 Å². The van der Waals surface area contributed by atoms with Gasteiger partial charge < -0.3 is 17.5 Å². The Bertz CT molecular complexity index is 504. The Kier molecular flexibility index (Phi) is 5.13. The fourth-order valence-electron chi connectivity index (χ4n) is 1.31. The maximum absolute atomic E-state index is 10.4. The fraction of sp³-hybridized carbons (Fsp3) is 0.182. The van der Waals surface area contributed by atoms with Crippen LogP contribution in [0.25, 0.3) is 11.4 Å². The van der Waals surface area contributed by atoms with Crippen LogP contribution in [-0.4, -0.2) is 26.1 Å². The minimum Gasteiger partial charge on any atom is -1.00 e. The molecule has 94 valence electrons. The van der Waals surface area contributed by atoms with Crippen LogP contribution in [0.2, 0.25) is 0 Å². The second-order valence-electron chi connectivity index (χ2n) is 3.39. The standard InChI is InChI=1S/C11H10N4O2.ClH/c16-10(17)3-7-15-6-2-9(8-14-15)11-12-4-1-5-13-11;/h1-2,4-6,8H,3,7H2;1H. The quantitative estimate of drug-likeness (QED) is 0.610. The average molecular weight is 267 g/mol. The second-order valence-corrected chi connectivity index (χ2v) is 3.39. The van der Waals surface area contributed by atoms with E-state index in [1.165, 1.54) is 0 Å². The molecule has 0 bridgehead atoms. The minimum atomic E-state index is -0.838. The molecule has 0 amide bonds. The van der Waals surface area contributed by atoms with E-state index in [0.717, 1.165) is 5.56 Å². The van der Waals surface area contributed by atoms with Gasteiger partial charge in [-0.3, -0.25) is 4.79 Å². The molecule has 0 spiro atoms. The van der Waals surface area contributed by atoms with Gasteiger partial charge in [0.05, 0.1) is 0 Å². The first kappa shape index (κ1) is 14.0. The second kappa shape index (κ2) is 6.61. The maximum atomic E-state index is 10.4. The lowest BCUT2D eigenvalue weighted by Crippen LogP contribution is -3.00. The molecule has 7 heteroatoms. The largest absolute Gasteiger partial charge is 1.00 e. The molecule has 0 radical (unpaired) electrons. The van der Waals surface area contributed by atoms with E-state index in [2.05, 4.69) is 15.1 Å². The van der Waals surface area contributed by atoms with Gasteiger partial charge in [-0.2, -0.15) is 0 Å². The summed E-state index contributed by atoms with van der Waals surface area (Å²) in [5.74, 6) is -0.236. The fourth-order valence-corrected chi connectivity index (χ4v) is 1.31. The molecule has 0 saturated heterocycles. The number of carbonyl (C=O) groups is 1. The molecular formula is C11H11ClN4O2. The van der Waals surface area contributed by atoms with Crippen molar-refractivity contribution in [1.29, 1.82) is 0 Å². The number of hydrogen-bond donors (Lipinski definition) is 1. The van der Waals surface area contributed by atoms with Crippen molar-refractivity contribution in [3.8, 4) is 11.4 Å². The predicted octanol–water partition coefficient (Wildman–Crippen LogP) is -2.70. The van der Waals surface area contributed by atoms with Crippen molar-refractivity contribution in [3.05, 3.63) is 36.9 Å². The van der Waals surface area contributed by atoms with Crippen molar-refractivity contribution in [2.45, 2.75) is 13.0 Å². The molecule has 6 nitrogen and oxygen atoms in total. The van der Waals surface area contributed by atoms with Crippen LogP contribution in [0.15, 0.2) is 36.9 Å². The first-order valence-corrected chi connectivity index (χ1v) is 5.10. The molecule has 2 rings (SSSR count). The molecule has 0 saturated carbocycles. The van der Waals surface area contributed by atoms with Crippen LogP contribution < -0.4 is 17.1 Å². The Balaban J connectivity index is 0.00000162. The monoisotopic (exact) mass is 266 g/mol. The number of rotatable bonds is 4.